The molecule has 0 fully saturated rings. The van der Waals surface area contributed by atoms with Gasteiger partial charge in [0.2, 0.25) is 0 Å². The van der Waals surface area contributed by atoms with E-state index in [4.69, 9.17) is 0 Å². The summed E-state index contributed by atoms with van der Waals surface area (Å²) in [5.74, 6) is 0. The van der Waals surface area contributed by atoms with Crippen molar-refractivity contribution in [1.82, 2.24) is 0 Å². The van der Waals surface area contributed by atoms with Crippen molar-refractivity contribution < 1.29 is 0 Å². The van der Waals surface area contributed by atoms with Crippen LogP contribution < -0.4 is 0 Å². The summed E-state index contributed by atoms with van der Waals surface area (Å²) in [6, 6.07) is 19.4. The normalized spacial score (nSPS) is 12.6. The monoisotopic (exact) mass is 402 g/mol. The highest BCUT2D eigenvalue weighted by molar-refractivity contribution is 9.11. The molecule has 0 nitrogen and oxygen atoms in total. The fourth-order valence-electron chi connectivity index (χ4n) is 2.73. The maximum Gasteiger partial charge on any atom is 0.0661 e. The van der Waals surface area contributed by atoms with Crippen molar-refractivity contribution in [3.8, 4) is 0 Å². The fourth-order valence-corrected chi connectivity index (χ4v) is 4.31. The first-order valence-electron chi connectivity index (χ1n) is 6.97. The van der Waals surface area contributed by atoms with E-state index < -0.39 is 0 Å². The number of benzene rings is 3. The first-order chi connectivity index (χ1) is 10.1. The van der Waals surface area contributed by atoms with Gasteiger partial charge in [-0.15, -0.1) is 0 Å². The lowest BCUT2D eigenvalue weighted by Crippen LogP contribution is -1.97. The molecular formula is C19H16Br2. The summed E-state index contributed by atoms with van der Waals surface area (Å²) in [4.78, 5) is 0.178. The molecule has 0 bridgehead atoms. The van der Waals surface area contributed by atoms with Crippen LogP contribution in [0.4, 0.5) is 0 Å². The molecule has 2 heteroatoms. The van der Waals surface area contributed by atoms with Crippen LogP contribution in [0, 0.1) is 13.8 Å². The summed E-state index contributed by atoms with van der Waals surface area (Å²) in [6.07, 6.45) is 0. The highest BCUT2D eigenvalue weighted by Gasteiger charge is 2.17. The summed E-state index contributed by atoms with van der Waals surface area (Å²) < 4.78 is 1.18. The Bertz CT molecular complexity index is 806. The molecule has 0 aliphatic heterocycles. The lowest BCUT2D eigenvalue weighted by atomic mass is 9.95. The first kappa shape index (κ1) is 14.8. The van der Waals surface area contributed by atoms with Gasteiger partial charge in [0.15, 0.2) is 0 Å². The van der Waals surface area contributed by atoms with Crippen LogP contribution in [0.3, 0.4) is 0 Å². The molecule has 0 amide bonds. The van der Waals surface area contributed by atoms with Crippen molar-refractivity contribution in [2.24, 2.45) is 0 Å². The topological polar surface area (TPSA) is 0 Å². The van der Waals surface area contributed by atoms with E-state index in [-0.39, 0.29) is 4.83 Å². The molecule has 21 heavy (non-hydrogen) atoms. The highest BCUT2D eigenvalue weighted by Crippen LogP contribution is 2.40. The Morgan fingerprint density at radius 1 is 0.714 bits per heavy atom. The zero-order valence-electron chi connectivity index (χ0n) is 12.0. The van der Waals surface area contributed by atoms with E-state index in [1.807, 2.05) is 0 Å². The molecule has 0 N–H and O–H groups in total. The van der Waals surface area contributed by atoms with Gasteiger partial charge in [-0.1, -0.05) is 86.5 Å². The SMILES string of the molecule is Cc1cccc(C(Br)c2ccc(C)c3ccccc23)c1Br. The molecular weight excluding hydrogens is 388 g/mol. The molecule has 0 aromatic heterocycles. The molecule has 0 saturated carbocycles. The average Bonchev–Trinajstić information content (AvgIpc) is 2.50. The summed E-state index contributed by atoms with van der Waals surface area (Å²) in [5, 5.41) is 2.64. The predicted octanol–water partition coefficient (Wildman–Crippen LogP) is 6.70. The van der Waals surface area contributed by atoms with Crippen molar-refractivity contribution in [3.63, 3.8) is 0 Å². The third kappa shape index (κ3) is 2.67. The van der Waals surface area contributed by atoms with Crippen LogP contribution in [-0.4, -0.2) is 0 Å². The molecule has 0 aliphatic rings. The zero-order valence-corrected chi connectivity index (χ0v) is 15.2. The molecule has 0 radical (unpaired) electrons. The third-order valence-electron chi connectivity index (χ3n) is 3.94. The number of alkyl halides is 1. The molecule has 1 unspecified atom stereocenters. The van der Waals surface area contributed by atoms with Crippen LogP contribution in [0.5, 0.6) is 0 Å². The molecule has 3 rings (SSSR count). The Kier molecular flexibility index (Phi) is 4.19. The second kappa shape index (κ2) is 5.94. The van der Waals surface area contributed by atoms with E-state index in [0.717, 1.165) is 0 Å². The molecule has 3 aromatic rings. The van der Waals surface area contributed by atoms with Crippen LogP contribution in [0.15, 0.2) is 59.1 Å². The minimum Gasteiger partial charge on any atom is -0.0786 e. The maximum atomic E-state index is 3.89. The summed E-state index contributed by atoms with van der Waals surface area (Å²) in [6.45, 7) is 4.29. The molecule has 3 aromatic carbocycles. The number of hydrogen-bond acceptors (Lipinski definition) is 0. The van der Waals surface area contributed by atoms with Crippen molar-refractivity contribution in [2.45, 2.75) is 18.7 Å². The van der Waals surface area contributed by atoms with Gasteiger partial charge in [0, 0.05) is 4.47 Å². The number of aryl methyl sites for hydroxylation is 2. The minimum absolute atomic E-state index is 0.178. The number of halogens is 2. The van der Waals surface area contributed by atoms with Gasteiger partial charge in [-0.25, -0.2) is 0 Å². The fraction of sp³-hybridized carbons (Fsp3) is 0.158. The largest absolute Gasteiger partial charge is 0.0786 e. The van der Waals surface area contributed by atoms with Gasteiger partial charge in [0.25, 0.3) is 0 Å². The molecule has 0 spiro atoms. The minimum atomic E-state index is 0.178. The van der Waals surface area contributed by atoms with Gasteiger partial charge < -0.3 is 0 Å². The zero-order chi connectivity index (χ0) is 15.0. The predicted molar refractivity (Wildman–Crippen MR) is 98.3 cm³/mol. The van der Waals surface area contributed by atoms with Crippen LogP contribution >= 0.6 is 31.9 Å². The van der Waals surface area contributed by atoms with Crippen LogP contribution in [0.1, 0.15) is 27.1 Å². The van der Waals surface area contributed by atoms with Crippen LogP contribution in [0.25, 0.3) is 10.8 Å². The third-order valence-corrected chi connectivity index (χ3v) is 6.01. The van der Waals surface area contributed by atoms with Crippen molar-refractivity contribution >= 4 is 42.6 Å². The van der Waals surface area contributed by atoms with E-state index in [9.17, 15) is 0 Å². The Hall–Kier alpha value is -1.12. The lowest BCUT2D eigenvalue weighted by molar-refractivity contribution is 1.16. The first-order valence-corrected chi connectivity index (χ1v) is 8.68. The Labute approximate surface area is 142 Å². The second-order valence-electron chi connectivity index (χ2n) is 5.36. The van der Waals surface area contributed by atoms with Gasteiger partial charge in [0.1, 0.15) is 0 Å². The maximum absolute atomic E-state index is 3.89. The highest BCUT2D eigenvalue weighted by atomic mass is 79.9. The summed E-state index contributed by atoms with van der Waals surface area (Å²) >= 11 is 7.62. The van der Waals surface area contributed by atoms with Gasteiger partial charge >= 0.3 is 0 Å². The van der Waals surface area contributed by atoms with E-state index in [1.54, 1.807) is 0 Å². The van der Waals surface area contributed by atoms with Gasteiger partial charge in [-0.2, -0.15) is 0 Å². The smallest absolute Gasteiger partial charge is 0.0661 e. The molecule has 0 aliphatic carbocycles. The van der Waals surface area contributed by atoms with Gasteiger partial charge in [-0.05, 0) is 46.9 Å². The molecule has 1 atom stereocenters. The standard InChI is InChI=1S/C19H16Br2/c1-12-10-11-16(15-8-4-3-7-14(12)15)19(21)17-9-5-6-13(2)18(17)20/h3-11,19H,1-2H3. The lowest BCUT2D eigenvalue weighted by Gasteiger charge is -2.17. The van der Waals surface area contributed by atoms with E-state index >= 15 is 0 Å². The summed E-state index contributed by atoms with van der Waals surface area (Å²) in [7, 11) is 0. The molecule has 0 saturated heterocycles. The van der Waals surface area contributed by atoms with E-state index in [1.165, 1.54) is 37.5 Å². The van der Waals surface area contributed by atoms with E-state index in [0.29, 0.717) is 0 Å². The van der Waals surface area contributed by atoms with E-state index in [2.05, 4.69) is 100 Å². The number of hydrogen-bond donors (Lipinski definition) is 0. The quantitative estimate of drug-likeness (QED) is 0.417. The number of fused-ring (bicyclic) bond motifs is 1. The van der Waals surface area contributed by atoms with Crippen molar-refractivity contribution in [2.75, 3.05) is 0 Å². The van der Waals surface area contributed by atoms with Crippen LogP contribution in [0.2, 0.25) is 0 Å². The molecule has 106 valence electrons. The van der Waals surface area contributed by atoms with Crippen molar-refractivity contribution in [3.05, 3.63) is 81.3 Å². The van der Waals surface area contributed by atoms with Crippen LogP contribution in [-0.2, 0) is 0 Å². The van der Waals surface area contributed by atoms with Crippen molar-refractivity contribution in [1.29, 1.82) is 0 Å². The number of rotatable bonds is 2. The second-order valence-corrected chi connectivity index (χ2v) is 7.07. The average molecular weight is 404 g/mol. The Morgan fingerprint density at radius 2 is 1.43 bits per heavy atom. The Balaban J connectivity index is 2.21. The molecule has 0 heterocycles. The Morgan fingerprint density at radius 3 is 2.19 bits per heavy atom. The summed E-state index contributed by atoms with van der Waals surface area (Å²) in [5.41, 5.74) is 5.15. The van der Waals surface area contributed by atoms with Gasteiger partial charge in [-0.3, -0.25) is 0 Å². The van der Waals surface area contributed by atoms with Gasteiger partial charge in [0.05, 0.1) is 4.83 Å².